The molecule has 0 heterocycles. The van der Waals surface area contributed by atoms with E-state index in [9.17, 15) is 13.2 Å². The van der Waals surface area contributed by atoms with E-state index in [0.717, 1.165) is 5.56 Å². The smallest absolute Gasteiger partial charge is 0.264 e. The minimum atomic E-state index is -3.70. The van der Waals surface area contributed by atoms with Crippen molar-refractivity contribution in [3.8, 4) is 17.2 Å². The van der Waals surface area contributed by atoms with Crippen molar-refractivity contribution in [2.75, 3.05) is 37.0 Å². The van der Waals surface area contributed by atoms with Crippen LogP contribution < -0.4 is 23.8 Å². The van der Waals surface area contributed by atoms with Gasteiger partial charge < -0.3 is 19.5 Å². The summed E-state index contributed by atoms with van der Waals surface area (Å²) in [6.07, 6.45) is 0. The number of carbonyl (C=O) groups is 1. The highest BCUT2D eigenvalue weighted by atomic mass is 32.2. The summed E-state index contributed by atoms with van der Waals surface area (Å²) in [7, 11) is -0.645. The Hall–Kier alpha value is -3.72. The van der Waals surface area contributed by atoms with E-state index >= 15 is 0 Å². The molecule has 0 aliphatic rings. The SMILES string of the molecule is CCN(c1ccc(OCC(=O)Nc2ccc(OC)c(OC)c2)cc1)S(=O)(=O)c1ccc(C)cc1. The Kier molecular flexibility index (Phi) is 8.01. The van der Waals surface area contributed by atoms with Crippen molar-refractivity contribution in [1.29, 1.82) is 0 Å². The Morgan fingerprint density at radius 2 is 1.56 bits per heavy atom. The molecule has 9 heteroatoms. The van der Waals surface area contributed by atoms with Crippen LogP contribution in [0.4, 0.5) is 11.4 Å². The fraction of sp³-hybridized carbons (Fsp3) is 0.240. The lowest BCUT2D eigenvalue weighted by Gasteiger charge is -2.23. The Bertz CT molecular complexity index is 1230. The van der Waals surface area contributed by atoms with E-state index in [1.54, 1.807) is 73.7 Å². The molecule has 0 spiro atoms. The van der Waals surface area contributed by atoms with E-state index in [-0.39, 0.29) is 24.0 Å². The third kappa shape index (κ3) is 5.79. The van der Waals surface area contributed by atoms with Gasteiger partial charge in [-0.05, 0) is 62.4 Å². The molecule has 0 bridgehead atoms. The molecule has 0 atom stereocenters. The van der Waals surface area contributed by atoms with Crippen LogP contribution in [0.15, 0.2) is 71.6 Å². The van der Waals surface area contributed by atoms with Crippen molar-refractivity contribution in [3.63, 3.8) is 0 Å². The standard InChI is InChI=1S/C25H28N2O6S/c1-5-27(34(29,30)22-13-6-18(2)7-14-22)20-9-11-21(12-10-20)33-17-25(28)26-19-8-15-23(31-3)24(16-19)32-4/h6-16H,5,17H2,1-4H3,(H,26,28). The van der Waals surface area contributed by atoms with E-state index in [1.165, 1.54) is 18.5 Å². The molecule has 0 saturated carbocycles. The van der Waals surface area contributed by atoms with Crippen LogP contribution in [-0.4, -0.2) is 41.7 Å². The lowest BCUT2D eigenvalue weighted by Crippen LogP contribution is -2.30. The number of nitrogens with zero attached hydrogens (tertiary/aromatic N) is 1. The van der Waals surface area contributed by atoms with Crippen LogP contribution in [0.5, 0.6) is 17.2 Å². The maximum Gasteiger partial charge on any atom is 0.264 e. The molecule has 8 nitrogen and oxygen atoms in total. The summed E-state index contributed by atoms with van der Waals surface area (Å²) in [4.78, 5) is 12.5. The van der Waals surface area contributed by atoms with Gasteiger partial charge in [0.15, 0.2) is 18.1 Å². The van der Waals surface area contributed by atoms with Crippen molar-refractivity contribution in [2.24, 2.45) is 0 Å². The van der Waals surface area contributed by atoms with Crippen molar-refractivity contribution in [2.45, 2.75) is 18.7 Å². The highest BCUT2D eigenvalue weighted by Gasteiger charge is 2.23. The molecule has 3 rings (SSSR count). The number of amides is 1. The average Bonchev–Trinajstić information content (AvgIpc) is 2.84. The number of aryl methyl sites for hydroxylation is 1. The molecule has 34 heavy (non-hydrogen) atoms. The van der Waals surface area contributed by atoms with Crippen LogP contribution in [-0.2, 0) is 14.8 Å². The summed E-state index contributed by atoms with van der Waals surface area (Å²) in [6.45, 7) is 3.73. The molecular formula is C25H28N2O6S. The zero-order valence-corrected chi connectivity index (χ0v) is 20.4. The number of hydrogen-bond donors (Lipinski definition) is 1. The third-order valence-electron chi connectivity index (χ3n) is 5.06. The van der Waals surface area contributed by atoms with Gasteiger partial charge in [-0.1, -0.05) is 17.7 Å². The molecule has 3 aromatic carbocycles. The molecule has 0 unspecified atom stereocenters. The van der Waals surface area contributed by atoms with E-state index in [4.69, 9.17) is 14.2 Å². The maximum absolute atomic E-state index is 13.1. The molecular weight excluding hydrogens is 456 g/mol. The monoisotopic (exact) mass is 484 g/mol. The fourth-order valence-electron chi connectivity index (χ4n) is 3.30. The summed E-state index contributed by atoms with van der Waals surface area (Å²) < 4.78 is 43.4. The van der Waals surface area contributed by atoms with Crippen molar-refractivity contribution < 1.29 is 27.4 Å². The summed E-state index contributed by atoms with van der Waals surface area (Å²) in [5, 5.41) is 2.73. The Morgan fingerprint density at radius 3 is 2.15 bits per heavy atom. The summed E-state index contributed by atoms with van der Waals surface area (Å²) >= 11 is 0. The summed E-state index contributed by atoms with van der Waals surface area (Å²) in [5.74, 6) is 1.14. The van der Waals surface area contributed by atoms with Crippen molar-refractivity contribution in [1.82, 2.24) is 0 Å². The number of ether oxygens (including phenoxy) is 3. The van der Waals surface area contributed by atoms with Gasteiger partial charge in [0.25, 0.3) is 15.9 Å². The molecule has 0 fully saturated rings. The van der Waals surface area contributed by atoms with Crippen LogP contribution in [0.2, 0.25) is 0 Å². The van der Waals surface area contributed by atoms with Crippen molar-refractivity contribution >= 4 is 27.3 Å². The van der Waals surface area contributed by atoms with E-state index in [1.807, 2.05) is 6.92 Å². The number of methoxy groups -OCH3 is 2. The van der Waals surface area contributed by atoms with Gasteiger partial charge in [-0.15, -0.1) is 0 Å². The van der Waals surface area contributed by atoms with Crippen molar-refractivity contribution in [3.05, 3.63) is 72.3 Å². The second kappa shape index (κ2) is 10.9. The number of anilines is 2. The van der Waals surface area contributed by atoms with Gasteiger partial charge in [0.05, 0.1) is 24.8 Å². The number of nitrogens with one attached hydrogen (secondary N) is 1. The Morgan fingerprint density at radius 1 is 0.912 bits per heavy atom. The molecule has 0 saturated heterocycles. The van der Waals surface area contributed by atoms with Gasteiger partial charge in [-0.25, -0.2) is 8.42 Å². The molecule has 3 aromatic rings. The van der Waals surface area contributed by atoms with Gasteiger partial charge in [0.1, 0.15) is 5.75 Å². The molecule has 1 N–H and O–H groups in total. The van der Waals surface area contributed by atoms with Gasteiger partial charge >= 0.3 is 0 Å². The second-order valence-electron chi connectivity index (χ2n) is 7.38. The number of hydrogen-bond acceptors (Lipinski definition) is 6. The summed E-state index contributed by atoms with van der Waals surface area (Å²) in [6, 6.07) is 18.3. The first-order valence-corrected chi connectivity index (χ1v) is 12.1. The minimum absolute atomic E-state index is 0.215. The predicted molar refractivity (Wildman–Crippen MR) is 131 cm³/mol. The first-order valence-electron chi connectivity index (χ1n) is 10.6. The Labute approximate surface area is 200 Å². The highest BCUT2D eigenvalue weighted by Crippen LogP contribution is 2.30. The molecule has 1 amide bonds. The van der Waals surface area contributed by atoms with E-state index in [0.29, 0.717) is 28.6 Å². The van der Waals surface area contributed by atoms with Crippen LogP contribution in [0.25, 0.3) is 0 Å². The molecule has 0 radical (unpaired) electrons. The van der Waals surface area contributed by atoms with Crippen LogP contribution in [0, 0.1) is 6.92 Å². The van der Waals surface area contributed by atoms with Crippen LogP contribution >= 0.6 is 0 Å². The largest absolute Gasteiger partial charge is 0.493 e. The van der Waals surface area contributed by atoms with E-state index in [2.05, 4.69) is 5.32 Å². The lowest BCUT2D eigenvalue weighted by molar-refractivity contribution is -0.118. The number of benzene rings is 3. The molecule has 180 valence electrons. The minimum Gasteiger partial charge on any atom is -0.493 e. The first kappa shape index (κ1) is 24.9. The quantitative estimate of drug-likeness (QED) is 0.463. The van der Waals surface area contributed by atoms with Gasteiger partial charge in [-0.2, -0.15) is 0 Å². The zero-order chi connectivity index (χ0) is 24.7. The molecule has 0 aromatic heterocycles. The van der Waals surface area contributed by atoms with Crippen LogP contribution in [0.1, 0.15) is 12.5 Å². The zero-order valence-electron chi connectivity index (χ0n) is 19.6. The Balaban J connectivity index is 1.64. The number of rotatable bonds is 10. The number of sulfonamides is 1. The topological polar surface area (TPSA) is 94.2 Å². The van der Waals surface area contributed by atoms with Gasteiger partial charge in [0, 0.05) is 18.3 Å². The van der Waals surface area contributed by atoms with Gasteiger partial charge in [0.2, 0.25) is 0 Å². The number of carbonyl (C=O) groups excluding carboxylic acids is 1. The fourth-order valence-corrected chi connectivity index (χ4v) is 4.77. The highest BCUT2D eigenvalue weighted by molar-refractivity contribution is 7.92. The lowest BCUT2D eigenvalue weighted by atomic mass is 10.2. The molecule has 0 aliphatic carbocycles. The normalized spacial score (nSPS) is 10.9. The predicted octanol–water partition coefficient (Wildman–Crippen LogP) is 4.24. The first-order chi connectivity index (χ1) is 16.3. The third-order valence-corrected chi connectivity index (χ3v) is 6.98. The average molecular weight is 485 g/mol. The molecule has 0 aliphatic heterocycles. The second-order valence-corrected chi connectivity index (χ2v) is 9.25. The van der Waals surface area contributed by atoms with E-state index < -0.39 is 10.0 Å². The maximum atomic E-state index is 13.1. The van der Waals surface area contributed by atoms with Crippen LogP contribution in [0.3, 0.4) is 0 Å². The van der Waals surface area contributed by atoms with Gasteiger partial charge in [-0.3, -0.25) is 9.10 Å². The summed E-state index contributed by atoms with van der Waals surface area (Å²) in [5.41, 5.74) is 2.03.